The standard InChI is InChI=1S/C32H38FN3O/c1-6-32(33)13-11-25(12-14-32)9-7-8-10-29(27-18-28(34)20-35-19-27)30-16-21(2)15-26(17-22(30)3)31-23(4)36-37-24(31)5/h6,10,15-19,25,34H,1-2,7-9,11-14,20H2,3-5H3/b29-10-,34-28?. The zero-order chi connectivity index (χ0) is 26.6. The van der Waals surface area contributed by atoms with Crippen molar-refractivity contribution in [1.29, 1.82) is 5.41 Å². The molecule has 37 heavy (non-hydrogen) atoms. The first-order chi connectivity index (χ1) is 17.7. The Morgan fingerprint density at radius 1 is 1.19 bits per heavy atom. The molecule has 0 saturated heterocycles. The number of aryl methyl sites for hydroxylation is 2. The number of hydrogen-bond acceptors (Lipinski definition) is 4. The molecule has 1 aromatic heterocycles. The molecule has 0 radical (unpaired) electrons. The van der Waals surface area contributed by atoms with E-state index in [1.807, 2.05) is 26.1 Å². The molecule has 1 N–H and O–H groups in total. The second-order valence-corrected chi connectivity index (χ2v) is 10.6. The molecule has 0 aromatic carbocycles. The van der Waals surface area contributed by atoms with E-state index in [2.05, 4.69) is 54.5 Å². The Hall–Kier alpha value is -3.34. The molecule has 0 amide bonds. The molecule has 3 aliphatic rings. The summed E-state index contributed by atoms with van der Waals surface area (Å²) in [5, 5.41) is 12.3. The average molecular weight is 500 g/mol. The first kappa shape index (κ1) is 26.7. The van der Waals surface area contributed by atoms with Gasteiger partial charge in [-0.3, -0.25) is 4.99 Å². The summed E-state index contributed by atoms with van der Waals surface area (Å²) in [7, 11) is 0. The van der Waals surface area contributed by atoms with E-state index < -0.39 is 5.67 Å². The average Bonchev–Trinajstić information content (AvgIpc) is 3.13. The lowest BCUT2D eigenvalue weighted by atomic mass is 9.78. The van der Waals surface area contributed by atoms with Crippen LogP contribution in [0, 0.1) is 25.2 Å². The molecular weight excluding hydrogens is 461 g/mol. The number of halogens is 1. The first-order valence-electron chi connectivity index (χ1n) is 13.3. The van der Waals surface area contributed by atoms with E-state index in [1.165, 1.54) is 6.08 Å². The summed E-state index contributed by atoms with van der Waals surface area (Å²) >= 11 is 0. The highest BCUT2D eigenvalue weighted by Gasteiger charge is 2.32. The molecule has 1 saturated carbocycles. The van der Waals surface area contributed by atoms with Crippen LogP contribution in [0.25, 0.3) is 5.57 Å². The SMILES string of the molecule is C=CC1(F)CCC(CCC/C=C(/C2=CC(=N)CN=C2)C2=CC(=C)C=C(c3c(C)noc3C)C=C2C)CC1. The Balaban J connectivity index is 1.56. The largest absolute Gasteiger partial charge is 0.361 e. The van der Waals surface area contributed by atoms with Crippen molar-refractivity contribution in [3.63, 3.8) is 0 Å². The van der Waals surface area contributed by atoms with Crippen molar-refractivity contribution >= 4 is 17.5 Å². The minimum Gasteiger partial charge on any atom is -0.361 e. The van der Waals surface area contributed by atoms with E-state index in [9.17, 15) is 4.39 Å². The monoisotopic (exact) mass is 499 g/mol. The number of allylic oxidation sites excluding steroid dienone is 11. The number of aliphatic imine (C=N–C) groups is 1. The van der Waals surface area contributed by atoms with Gasteiger partial charge >= 0.3 is 0 Å². The maximum absolute atomic E-state index is 14.5. The molecule has 5 heteroatoms. The normalized spacial score (nSPS) is 24.8. The Labute approximate surface area is 220 Å². The molecular formula is C32H38FN3O. The molecule has 1 aliphatic heterocycles. The van der Waals surface area contributed by atoms with E-state index in [-0.39, 0.29) is 0 Å². The maximum Gasteiger partial charge on any atom is 0.141 e. The Morgan fingerprint density at radius 3 is 2.59 bits per heavy atom. The zero-order valence-corrected chi connectivity index (χ0v) is 22.4. The molecule has 0 atom stereocenters. The number of aromatic nitrogens is 1. The van der Waals surface area contributed by atoms with Gasteiger partial charge in [-0.05, 0) is 111 Å². The van der Waals surface area contributed by atoms with Gasteiger partial charge in [-0.1, -0.05) is 43.0 Å². The highest BCUT2D eigenvalue weighted by Crippen LogP contribution is 2.38. The van der Waals surface area contributed by atoms with Crippen molar-refractivity contribution in [3.8, 4) is 0 Å². The predicted molar refractivity (Wildman–Crippen MR) is 152 cm³/mol. The zero-order valence-electron chi connectivity index (χ0n) is 22.4. The van der Waals surface area contributed by atoms with Crippen molar-refractivity contribution in [2.24, 2.45) is 10.9 Å². The molecule has 1 aromatic rings. The lowest BCUT2D eigenvalue weighted by Crippen LogP contribution is -2.27. The number of unbranched alkanes of at least 4 members (excludes halogenated alkanes) is 1. The summed E-state index contributed by atoms with van der Waals surface area (Å²) < 4.78 is 19.9. The summed E-state index contributed by atoms with van der Waals surface area (Å²) in [5.41, 5.74) is 7.35. The van der Waals surface area contributed by atoms with E-state index in [0.29, 0.717) is 31.0 Å². The van der Waals surface area contributed by atoms with Crippen molar-refractivity contribution in [1.82, 2.24) is 5.16 Å². The first-order valence-corrected chi connectivity index (χ1v) is 13.3. The minimum absolute atomic E-state index is 0.414. The summed E-state index contributed by atoms with van der Waals surface area (Å²) in [6.45, 7) is 14.4. The molecule has 1 fully saturated rings. The third kappa shape index (κ3) is 6.33. The molecule has 4 nitrogen and oxygen atoms in total. The van der Waals surface area contributed by atoms with Crippen molar-refractivity contribution in [3.05, 3.63) is 94.5 Å². The van der Waals surface area contributed by atoms with Gasteiger partial charge in [-0.15, -0.1) is 0 Å². The van der Waals surface area contributed by atoms with Crippen LogP contribution in [0.2, 0.25) is 0 Å². The van der Waals surface area contributed by atoms with Crippen LogP contribution in [0.3, 0.4) is 0 Å². The minimum atomic E-state index is -1.17. The van der Waals surface area contributed by atoms with Gasteiger partial charge in [0.05, 0.1) is 18.0 Å². The van der Waals surface area contributed by atoms with Gasteiger partial charge in [-0.2, -0.15) is 0 Å². The molecule has 4 rings (SSSR count). The van der Waals surface area contributed by atoms with Gasteiger partial charge in [0.25, 0.3) is 0 Å². The molecule has 0 spiro atoms. The van der Waals surface area contributed by atoms with Crippen LogP contribution in [-0.4, -0.2) is 29.3 Å². The fourth-order valence-corrected chi connectivity index (χ4v) is 5.57. The van der Waals surface area contributed by atoms with E-state index >= 15 is 0 Å². The molecule has 0 bridgehead atoms. The quantitative estimate of drug-likeness (QED) is 0.289. The molecule has 2 aliphatic carbocycles. The second kappa shape index (κ2) is 11.4. The Bertz CT molecular complexity index is 1250. The number of dihydropyridines is 1. The highest BCUT2D eigenvalue weighted by molar-refractivity contribution is 6.05. The van der Waals surface area contributed by atoms with Gasteiger partial charge in [0.1, 0.15) is 11.4 Å². The summed E-state index contributed by atoms with van der Waals surface area (Å²) in [5.74, 6) is 1.36. The fraction of sp³-hybridized carbons (Fsp3) is 0.406. The van der Waals surface area contributed by atoms with Crippen molar-refractivity contribution in [2.45, 2.75) is 71.4 Å². The van der Waals surface area contributed by atoms with E-state index in [4.69, 9.17) is 9.93 Å². The predicted octanol–water partition coefficient (Wildman–Crippen LogP) is 8.33. The lowest BCUT2D eigenvalue weighted by Gasteiger charge is -2.31. The Kier molecular flexibility index (Phi) is 8.21. The van der Waals surface area contributed by atoms with Gasteiger partial charge in [0.15, 0.2) is 0 Å². The third-order valence-electron chi connectivity index (χ3n) is 7.68. The molecule has 0 unspecified atom stereocenters. The number of nitrogens with zero attached hydrogens (tertiary/aromatic N) is 2. The van der Waals surface area contributed by atoms with Crippen molar-refractivity contribution < 1.29 is 8.91 Å². The van der Waals surface area contributed by atoms with Gasteiger partial charge < -0.3 is 9.93 Å². The summed E-state index contributed by atoms with van der Waals surface area (Å²) in [6.07, 6.45) is 20.0. The summed E-state index contributed by atoms with van der Waals surface area (Å²) in [4.78, 5) is 4.42. The van der Waals surface area contributed by atoms with Crippen LogP contribution < -0.4 is 0 Å². The number of alkyl halides is 1. The fourth-order valence-electron chi connectivity index (χ4n) is 5.57. The second-order valence-electron chi connectivity index (χ2n) is 10.6. The summed E-state index contributed by atoms with van der Waals surface area (Å²) in [6, 6.07) is 0. The number of hydrogen-bond donors (Lipinski definition) is 1. The molecule has 194 valence electrons. The smallest absolute Gasteiger partial charge is 0.141 e. The lowest BCUT2D eigenvalue weighted by molar-refractivity contribution is 0.129. The van der Waals surface area contributed by atoms with Crippen LogP contribution in [0.4, 0.5) is 4.39 Å². The van der Waals surface area contributed by atoms with Gasteiger partial charge in [0, 0.05) is 17.4 Å². The van der Waals surface area contributed by atoms with E-state index in [1.54, 1.807) is 0 Å². The van der Waals surface area contributed by atoms with Crippen LogP contribution in [0.15, 0.2) is 87.0 Å². The number of rotatable bonds is 8. The Morgan fingerprint density at radius 2 is 1.95 bits per heavy atom. The van der Waals surface area contributed by atoms with Crippen LogP contribution in [-0.2, 0) is 0 Å². The number of nitrogens with one attached hydrogen (secondary N) is 1. The maximum atomic E-state index is 14.5. The van der Waals surface area contributed by atoms with E-state index in [0.717, 1.165) is 82.6 Å². The van der Waals surface area contributed by atoms with Gasteiger partial charge in [0.2, 0.25) is 0 Å². The van der Waals surface area contributed by atoms with Gasteiger partial charge in [-0.25, -0.2) is 4.39 Å². The molecule has 2 heterocycles. The highest BCUT2D eigenvalue weighted by atomic mass is 19.1. The topological polar surface area (TPSA) is 62.2 Å². The van der Waals surface area contributed by atoms with Crippen molar-refractivity contribution in [2.75, 3.05) is 6.54 Å². The van der Waals surface area contributed by atoms with Crippen LogP contribution in [0.1, 0.15) is 68.9 Å². The van der Waals surface area contributed by atoms with Crippen LogP contribution in [0.5, 0.6) is 0 Å². The van der Waals surface area contributed by atoms with Crippen LogP contribution >= 0.6 is 0 Å². The third-order valence-corrected chi connectivity index (χ3v) is 7.68.